The molecule has 400 valence electrons. The summed E-state index contributed by atoms with van der Waals surface area (Å²) < 4.78 is 0. The standard InChI is InChI=1S/C70H72O8/c71-58-22-12-46(13-23-58)68(47-14-24-59(72)25-15-47)62-38-44(10-30-66(62)77)36-54-40-52(20-32-64(54)75)50-6-4-8-56(42-50)70(34-2-1-3-35-70)57-9-5-7-51(43-57)53-21-33-65(76)55(41-53)37-45-11-31-67(78)63(39-45)69(48-16-26-60(73)27-17-48)49-18-28-61(74)29-19-49/h4-19,22-31,38-39,42-43,52-55,64-65,68-69,71-78H,1-3,20-21,32-37,40-41H2. The predicted molar refractivity (Wildman–Crippen MR) is 307 cm³/mol. The highest BCUT2D eigenvalue weighted by molar-refractivity contribution is 5.54. The van der Waals surface area contributed by atoms with Gasteiger partial charge in [0, 0.05) is 28.4 Å². The summed E-state index contributed by atoms with van der Waals surface area (Å²) in [6.07, 6.45) is 11.1. The predicted octanol–water partition coefficient (Wildman–Crippen LogP) is 14.5. The fourth-order valence-electron chi connectivity index (χ4n) is 13.9. The topological polar surface area (TPSA) is 162 Å². The van der Waals surface area contributed by atoms with E-state index in [9.17, 15) is 40.9 Å². The van der Waals surface area contributed by atoms with Crippen molar-refractivity contribution in [2.45, 2.75) is 125 Å². The molecule has 8 nitrogen and oxygen atoms in total. The minimum absolute atomic E-state index is 0.0211. The van der Waals surface area contributed by atoms with Crippen molar-refractivity contribution in [3.8, 4) is 34.5 Å². The van der Waals surface area contributed by atoms with Gasteiger partial charge < -0.3 is 40.9 Å². The van der Waals surface area contributed by atoms with Gasteiger partial charge in [0.15, 0.2) is 0 Å². The zero-order valence-corrected chi connectivity index (χ0v) is 44.2. The molecule has 0 saturated heterocycles. The maximum absolute atomic E-state index is 11.6. The Morgan fingerprint density at radius 2 is 0.744 bits per heavy atom. The van der Waals surface area contributed by atoms with Gasteiger partial charge in [-0.1, -0.05) is 141 Å². The molecule has 0 aliphatic heterocycles. The summed E-state index contributed by atoms with van der Waals surface area (Å²) in [6, 6.07) is 58.5. The van der Waals surface area contributed by atoms with Crippen molar-refractivity contribution in [2.75, 3.05) is 0 Å². The first-order valence-electron chi connectivity index (χ1n) is 28.2. The number of phenols is 6. The van der Waals surface area contributed by atoms with Gasteiger partial charge in [-0.2, -0.15) is 0 Å². The van der Waals surface area contributed by atoms with Crippen LogP contribution in [0.1, 0.15) is 161 Å². The number of phenolic OH excluding ortho intramolecular Hbond substituents is 6. The van der Waals surface area contributed by atoms with Crippen molar-refractivity contribution in [1.82, 2.24) is 0 Å². The molecule has 0 bridgehead atoms. The molecule has 3 aliphatic rings. The van der Waals surface area contributed by atoms with Crippen LogP contribution in [0.2, 0.25) is 0 Å². The number of aliphatic hydroxyl groups is 2. The fraction of sp³-hybridized carbons (Fsp3) is 0.314. The van der Waals surface area contributed by atoms with Crippen LogP contribution in [0.4, 0.5) is 0 Å². The third-order valence-corrected chi connectivity index (χ3v) is 18.1. The number of hydrogen-bond donors (Lipinski definition) is 8. The van der Waals surface area contributed by atoms with Gasteiger partial charge in [-0.3, -0.25) is 0 Å². The Hall–Kier alpha value is -7.52. The number of benzene rings is 8. The highest BCUT2D eigenvalue weighted by Gasteiger charge is 2.39. The Kier molecular flexibility index (Phi) is 15.4. The molecule has 8 N–H and O–H groups in total. The summed E-state index contributed by atoms with van der Waals surface area (Å²) >= 11 is 0. The molecule has 11 rings (SSSR count). The van der Waals surface area contributed by atoms with Crippen LogP contribution in [0.5, 0.6) is 34.5 Å². The Morgan fingerprint density at radius 3 is 1.10 bits per heavy atom. The van der Waals surface area contributed by atoms with Crippen LogP contribution in [0.25, 0.3) is 0 Å². The number of rotatable bonds is 14. The molecule has 3 fully saturated rings. The molecule has 0 radical (unpaired) electrons. The third kappa shape index (κ3) is 11.3. The molecule has 0 amide bonds. The van der Waals surface area contributed by atoms with Crippen LogP contribution in [0, 0.1) is 11.8 Å². The molecular formula is C70H72O8. The second kappa shape index (κ2) is 22.8. The summed E-state index contributed by atoms with van der Waals surface area (Å²) in [5, 5.41) is 86.5. The quantitative estimate of drug-likeness (QED) is 0.0499. The van der Waals surface area contributed by atoms with Crippen LogP contribution in [-0.2, 0) is 18.3 Å². The zero-order valence-electron chi connectivity index (χ0n) is 44.2. The van der Waals surface area contributed by atoms with E-state index in [0.29, 0.717) is 25.7 Å². The van der Waals surface area contributed by atoms with E-state index in [1.54, 1.807) is 60.7 Å². The lowest BCUT2D eigenvalue weighted by atomic mass is 9.64. The van der Waals surface area contributed by atoms with Crippen LogP contribution < -0.4 is 0 Å². The van der Waals surface area contributed by atoms with Gasteiger partial charge in [-0.05, 0) is 204 Å². The second-order valence-corrected chi connectivity index (χ2v) is 23.0. The molecule has 0 spiro atoms. The number of hydrogen-bond acceptors (Lipinski definition) is 8. The maximum Gasteiger partial charge on any atom is 0.119 e. The van der Waals surface area contributed by atoms with E-state index >= 15 is 0 Å². The largest absolute Gasteiger partial charge is 0.508 e. The lowest BCUT2D eigenvalue weighted by molar-refractivity contribution is 0.0618. The van der Waals surface area contributed by atoms with Crippen LogP contribution in [0.3, 0.4) is 0 Å². The Labute approximate surface area is 458 Å². The molecule has 8 aromatic rings. The molecule has 3 saturated carbocycles. The fourth-order valence-corrected chi connectivity index (χ4v) is 13.9. The first kappa shape index (κ1) is 52.5. The SMILES string of the molecule is Oc1ccc(C(c2ccc(O)cc2)c2cc(CC3CC(c4cccc(C5(c6cccc(C7CCC(O)C(Cc8ccc(O)c(C(c9ccc(O)cc9)c9ccc(O)cc9)c8)C7)c6)CCCCC5)c4)CCC3O)ccc2O)cc1. The Balaban J connectivity index is 0.823. The lowest BCUT2D eigenvalue weighted by Gasteiger charge is -2.40. The van der Waals surface area contributed by atoms with Crippen LogP contribution in [0.15, 0.2) is 182 Å². The van der Waals surface area contributed by atoms with E-state index in [2.05, 4.69) is 60.7 Å². The zero-order chi connectivity index (χ0) is 53.9. The summed E-state index contributed by atoms with van der Waals surface area (Å²) in [5.41, 5.74) is 12.4. The van der Waals surface area contributed by atoms with Crippen molar-refractivity contribution >= 4 is 0 Å². The van der Waals surface area contributed by atoms with E-state index in [1.165, 1.54) is 28.7 Å². The minimum Gasteiger partial charge on any atom is -0.508 e. The van der Waals surface area contributed by atoms with Gasteiger partial charge in [-0.15, -0.1) is 0 Å². The maximum atomic E-state index is 11.6. The van der Waals surface area contributed by atoms with E-state index < -0.39 is 12.2 Å². The molecule has 8 aromatic carbocycles. The molecule has 0 heterocycles. The molecule has 8 heteroatoms. The van der Waals surface area contributed by atoms with Crippen LogP contribution in [-0.4, -0.2) is 53.1 Å². The highest BCUT2D eigenvalue weighted by atomic mass is 16.3. The van der Waals surface area contributed by atoms with Crippen molar-refractivity contribution < 1.29 is 40.9 Å². The summed E-state index contributed by atoms with van der Waals surface area (Å²) in [7, 11) is 0. The Morgan fingerprint density at radius 1 is 0.385 bits per heavy atom. The van der Waals surface area contributed by atoms with E-state index in [4.69, 9.17) is 0 Å². The molecule has 78 heavy (non-hydrogen) atoms. The van der Waals surface area contributed by atoms with E-state index in [1.807, 2.05) is 60.7 Å². The second-order valence-electron chi connectivity index (χ2n) is 23.0. The number of aromatic hydroxyl groups is 6. The third-order valence-electron chi connectivity index (χ3n) is 18.1. The molecule has 0 aromatic heterocycles. The van der Waals surface area contributed by atoms with Crippen molar-refractivity contribution in [2.24, 2.45) is 11.8 Å². The highest BCUT2D eigenvalue weighted by Crippen LogP contribution is 2.49. The van der Waals surface area contributed by atoms with Gasteiger partial charge in [0.05, 0.1) is 12.2 Å². The Bertz CT molecular complexity index is 3000. The van der Waals surface area contributed by atoms with Gasteiger partial charge in [-0.25, -0.2) is 0 Å². The average Bonchev–Trinajstić information content (AvgIpc) is 3.56. The molecule has 6 atom stereocenters. The van der Waals surface area contributed by atoms with Crippen molar-refractivity contribution in [3.05, 3.63) is 249 Å². The van der Waals surface area contributed by atoms with E-state index in [-0.39, 0.29) is 75.4 Å². The summed E-state index contributed by atoms with van der Waals surface area (Å²) in [4.78, 5) is 0. The van der Waals surface area contributed by atoms with E-state index in [0.717, 1.165) is 95.9 Å². The minimum atomic E-state index is -0.446. The first-order valence-corrected chi connectivity index (χ1v) is 28.2. The van der Waals surface area contributed by atoms with Crippen molar-refractivity contribution in [1.29, 1.82) is 0 Å². The lowest BCUT2D eigenvalue weighted by Crippen LogP contribution is -2.32. The van der Waals surface area contributed by atoms with Crippen molar-refractivity contribution in [3.63, 3.8) is 0 Å². The van der Waals surface area contributed by atoms with Gasteiger partial charge in [0.1, 0.15) is 34.5 Å². The first-order chi connectivity index (χ1) is 37.9. The van der Waals surface area contributed by atoms with Gasteiger partial charge in [0.25, 0.3) is 0 Å². The summed E-state index contributed by atoms with van der Waals surface area (Å²) in [6.45, 7) is 0. The normalized spacial score (nSPS) is 21.4. The van der Waals surface area contributed by atoms with Gasteiger partial charge >= 0.3 is 0 Å². The van der Waals surface area contributed by atoms with Crippen LogP contribution >= 0.6 is 0 Å². The molecular weight excluding hydrogens is 969 g/mol. The molecule has 6 unspecified atom stereocenters. The smallest absolute Gasteiger partial charge is 0.119 e. The monoisotopic (exact) mass is 1040 g/mol. The summed E-state index contributed by atoms with van der Waals surface area (Å²) in [5.74, 6) is 0.890. The van der Waals surface area contributed by atoms with Gasteiger partial charge in [0.2, 0.25) is 0 Å². The molecule has 3 aliphatic carbocycles. The average molecular weight is 1040 g/mol. The number of aliphatic hydroxyl groups excluding tert-OH is 2.